The van der Waals surface area contributed by atoms with Crippen LogP contribution in [-0.4, -0.2) is 45.5 Å². The molecule has 1 fully saturated rings. The van der Waals surface area contributed by atoms with Crippen LogP contribution >= 0.6 is 0 Å². The maximum absolute atomic E-state index is 13.6. The van der Waals surface area contributed by atoms with Gasteiger partial charge in [-0.15, -0.1) is 0 Å². The summed E-state index contributed by atoms with van der Waals surface area (Å²) in [4.78, 5) is 13.2. The Balaban J connectivity index is 2.35. The zero-order chi connectivity index (χ0) is 14.0. The number of sulfonamides is 1. The minimum absolute atomic E-state index is 0.287. The SMILES string of the molecule is NS(=O)(=O)c1ccc(F)c(C(=O)N2CCOCC2)c1. The summed E-state index contributed by atoms with van der Waals surface area (Å²) < 4.78 is 41.2. The number of carbonyl (C=O) groups excluding carboxylic acids is 1. The normalized spacial score (nSPS) is 16.4. The van der Waals surface area contributed by atoms with Crippen LogP contribution < -0.4 is 5.14 Å². The van der Waals surface area contributed by atoms with Gasteiger partial charge in [0.05, 0.1) is 23.7 Å². The first kappa shape index (κ1) is 13.9. The fourth-order valence-electron chi connectivity index (χ4n) is 1.78. The summed E-state index contributed by atoms with van der Waals surface area (Å²) in [6.07, 6.45) is 0. The van der Waals surface area contributed by atoms with E-state index in [0.29, 0.717) is 26.3 Å². The van der Waals surface area contributed by atoms with E-state index in [1.165, 1.54) is 4.90 Å². The second kappa shape index (κ2) is 5.24. The van der Waals surface area contributed by atoms with E-state index in [4.69, 9.17) is 9.88 Å². The monoisotopic (exact) mass is 288 g/mol. The van der Waals surface area contributed by atoms with Crippen molar-refractivity contribution in [2.75, 3.05) is 26.3 Å². The second-order valence-corrected chi connectivity index (χ2v) is 5.65. The summed E-state index contributed by atoms with van der Waals surface area (Å²) >= 11 is 0. The smallest absolute Gasteiger partial charge is 0.257 e. The van der Waals surface area contributed by atoms with Crippen molar-refractivity contribution < 1.29 is 22.3 Å². The summed E-state index contributed by atoms with van der Waals surface area (Å²) in [5, 5.41) is 4.96. The van der Waals surface area contributed by atoms with Crippen molar-refractivity contribution in [1.82, 2.24) is 4.90 Å². The maximum atomic E-state index is 13.6. The number of nitrogens with two attached hydrogens (primary N) is 1. The highest BCUT2D eigenvalue weighted by molar-refractivity contribution is 7.89. The molecule has 1 aliphatic rings. The zero-order valence-corrected chi connectivity index (χ0v) is 10.8. The molecule has 0 aliphatic carbocycles. The van der Waals surface area contributed by atoms with Crippen LogP contribution in [0.3, 0.4) is 0 Å². The molecule has 2 N–H and O–H groups in total. The lowest BCUT2D eigenvalue weighted by molar-refractivity contribution is 0.0299. The molecule has 1 amide bonds. The van der Waals surface area contributed by atoms with Crippen LogP contribution in [0.5, 0.6) is 0 Å². The van der Waals surface area contributed by atoms with Crippen LogP contribution in [0, 0.1) is 5.82 Å². The minimum atomic E-state index is -3.97. The van der Waals surface area contributed by atoms with Gasteiger partial charge in [0.2, 0.25) is 10.0 Å². The molecule has 1 aromatic carbocycles. The summed E-state index contributed by atoms with van der Waals surface area (Å²) in [7, 11) is -3.97. The van der Waals surface area contributed by atoms with Crippen molar-refractivity contribution >= 4 is 15.9 Å². The highest BCUT2D eigenvalue weighted by Gasteiger charge is 2.23. The third kappa shape index (κ3) is 3.09. The molecule has 0 aromatic heterocycles. The van der Waals surface area contributed by atoms with Crippen molar-refractivity contribution in [1.29, 1.82) is 0 Å². The van der Waals surface area contributed by atoms with E-state index in [-0.39, 0.29) is 10.5 Å². The highest BCUT2D eigenvalue weighted by atomic mass is 32.2. The van der Waals surface area contributed by atoms with Crippen molar-refractivity contribution in [2.45, 2.75) is 4.90 Å². The molecule has 0 atom stereocenters. The molecular formula is C11H13FN2O4S. The van der Waals surface area contributed by atoms with E-state index in [0.717, 1.165) is 18.2 Å². The molecule has 0 spiro atoms. The number of hydrogen-bond donors (Lipinski definition) is 1. The molecule has 6 nitrogen and oxygen atoms in total. The maximum Gasteiger partial charge on any atom is 0.257 e. The Labute approximate surface area is 110 Å². The lowest BCUT2D eigenvalue weighted by Gasteiger charge is -2.27. The van der Waals surface area contributed by atoms with Crippen LogP contribution in [0.2, 0.25) is 0 Å². The molecule has 2 rings (SSSR count). The number of carbonyl (C=O) groups is 1. The van der Waals surface area contributed by atoms with Crippen molar-refractivity contribution in [2.24, 2.45) is 5.14 Å². The molecule has 1 aromatic rings. The lowest BCUT2D eigenvalue weighted by atomic mass is 10.2. The van der Waals surface area contributed by atoms with E-state index in [2.05, 4.69) is 0 Å². The third-order valence-electron chi connectivity index (χ3n) is 2.80. The molecule has 0 saturated carbocycles. The lowest BCUT2D eigenvalue weighted by Crippen LogP contribution is -2.41. The first-order valence-corrected chi connectivity index (χ1v) is 7.13. The van der Waals surface area contributed by atoms with Crippen molar-refractivity contribution in [3.8, 4) is 0 Å². The molecule has 0 unspecified atom stereocenters. The van der Waals surface area contributed by atoms with Crippen molar-refractivity contribution in [3.63, 3.8) is 0 Å². The molecule has 104 valence electrons. The Bertz CT molecular complexity index is 597. The van der Waals surface area contributed by atoms with E-state index < -0.39 is 21.7 Å². The first-order valence-electron chi connectivity index (χ1n) is 5.59. The van der Waals surface area contributed by atoms with E-state index >= 15 is 0 Å². The summed E-state index contributed by atoms with van der Waals surface area (Å²) in [5.74, 6) is -1.34. The van der Waals surface area contributed by atoms with E-state index in [1.54, 1.807) is 0 Å². The predicted molar refractivity (Wildman–Crippen MR) is 64.5 cm³/mol. The Morgan fingerprint density at radius 1 is 1.32 bits per heavy atom. The number of amides is 1. The highest BCUT2D eigenvalue weighted by Crippen LogP contribution is 2.16. The molecule has 8 heteroatoms. The Kier molecular flexibility index (Phi) is 3.83. The average molecular weight is 288 g/mol. The van der Waals surface area contributed by atoms with Crippen LogP contribution in [0.25, 0.3) is 0 Å². The van der Waals surface area contributed by atoms with Gasteiger partial charge in [-0.2, -0.15) is 0 Å². The topological polar surface area (TPSA) is 89.7 Å². The average Bonchev–Trinajstić information content (AvgIpc) is 2.38. The van der Waals surface area contributed by atoms with Gasteiger partial charge in [0.25, 0.3) is 5.91 Å². The second-order valence-electron chi connectivity index (χ2n) is 4.09. The van der Waals surface area contributed by atoms with Gasteiger partial charge in [0, 0.05) is 13.1 Å². The molecular weight excluding hydrogens is 275 g/mol. The van der Waals surface area contributed by atoms with Crippen LogP contribution in [0.4, 0.5) is 4.39 Å². The molecule has 1 heterocycles. The molecule has 1 aliphatic heterocycles. The number of hydrogen-bond acceptors (Lipinski definition) is 4. The molecule has 19 heavy (non-hydrogen) atoms. The summed E-state index contributed by atoms with van der Waals surface area (Å²) in [6, 6.07) is 2.91. The fourth-order valence-corrected chi connectivity index (χ4v) is 2.32. The number of ether oxygens (including phenoxy) is 1. The minimum Gasteiger partial charge on any atom is -0.378 e. The van der Waals surface area contributed by atoms with E-state index in [1.807, 2.05) is 0 Å². The van der Waals surface area contributed by atoms with Gasteiger partial charge in [-0.1, -0.05) is 0 Å². The predicted octanol–water partition coefficient (Wildman–Crippen LogP) is -0.0545. The van der Waals surface area contributed by atoms with Gasteiger partial charge in [0.15, 0.2) is 0 Å². The van der Waals surface area contributed by atoms with Gasteiger partial charge in [-0.3, -0.25) is 4.79 Å². The summed E-state index contributed by atoms with van der Waals surface area (Å²) in [5.41, 5.74) is -0.298. The third-order valence-corrected chi connectivity index (χ3v) is 3.71. The van der Waals surface area contributed by atoms with Gasteiger partial charge in [0.1, 0.15) is 5.82 Å². The Morgan fingerprint density at radius 2 is 1.95 bits per heavy atom. The van der Waals surface area contributed by atoms with Gasteiger partial charge in [-0.25, -0.2) is 17.9 Å². The number of primary sulfonamides is 1. The van der Waals surface area contributed by atoms with Crippen LogP contribution in [0.15, 0.2) is 23.1 Å². The zero-order valence-electron chi connectivity index (χ0n) is 10.0. The molecule has 0 radical (unpaired) electrons. The largest absolute Gasteiger partial charge is 0.378 e. The number of halogens is 1. The molecule has 1 saturated heterocycles. The fraction of sp³-hybridized carbons (Fsp3) is 0.364. The van der Waals surface area contributed by atoms with Gasteiger partial charge in [-0.05, 0) is 18.2 Å². The number of rotatable bonds is 2. The quantitative estimate of drug-likeness (QED) is 0.826. The molecule has 0 bridgehead atoms. The Morgan fingerprint density at radius 3 is 2.53 bits per heavy atom. The van der Waals surface area contributed by atoms with Crippen molar-refractivity contribution in [3.05, 3.63) is 29.6 Å². The number of morpholine rings is 1. The number of benzene rings is 1. The number of nitrogens with zero attached hydrogens (tertiary/aromatic N) is 1. The van der Waals surface area contributed by atoms with Crippen LogP contribution in [0.1, 0.15) is 10.4 Å². The van der Waals surface area contributed by atoms with Gasteiger partial charge >= 0.3 is 0 Å². The van der Waals surface area contributed by atoms with E-state index in [9.17, 15) is 17.6 Å². The standard InChI is InChI=1S/C11H13FN2O4S/c12-10-2-1-8(19(13,16)17)7-9(10)11(15)14-3-5-18-6-4-14/h1-2,7H,3-6H2,(H2,13,16,17). The first-order chi connectivity index (χ1) is 8.89. The summed E-state index contributed by atoms with van der Waals surface area (Å²) in [6.45, 7) is 1.44. The van der Waals surface area contributed by atoms with Gasteiger partial charge < -0.3 is 9.64 Å². The van der Waals surface area contributed by atoms with Crippen LogP contribution in [-0.2, 0) is 14.8 Å². The Hall–Kier alpha value is -1.51.